The predicted octanol–water partition coefficient (Wildman–Crippen LogP) is 1.83. The summed E-state index contributed by atoms with van der Waals surface area (Å²) in [7, 11) is 1.28. The number of ether oxygens (including phenoxy) is 2. The Morgan fingerprint density at radius 3 is 2.38 bits per heavy atom. The summed E-state index contributed by atoms with van der Waals surface area (Å²) in [6.45, 7) is 3.84. The normalized spacial score (nSPS) is 20.7. The van der Waals surface area contributed by atoms with Gasteiger partial charge in [0.2, 0.25) is 23.4 Å². The van der Waals surface area contributed by atoms with Gasteiger partial charge in [-0.15, -0.1) is 0 Å². The third kappa shape index (κ3) is 9.98. The highest BCUT2D eigenvalue weighted by atomic mass is 16.7. The minimum Gasteiger partial charge on any atom is -0.478 e. The van der Waals surface area contributed by atoms with Gasteiger partial charge in [-0.25, -0.2) is 14.7 Å². The number of Topliss-reactive ketones (excluding diaryl/α,β-unsaturated/α-hetero) is 1. The number of carbonyl (C=O) groups is 7. The van der Waals surface area contributed by atoms with E-state index >= 15 is 0 Å². The summed E-state index contributed by atoms with van der Waals surface area (Å²) in [4.78, 5) is 94.9. The summed E-state index contributed by atoms with van der Waals surface area (Å²) in [5.74, 6) is -6.04. The topological polar surface area (TPSA) is 207 Å². The number of carboxylic acid groups (broad SMARTS) is 1. The van der Waals surface area contributed by atoms with Gasteiger partial charge in [-0.05, 0) is 36.2 Å². The van der Waals surface area contributed by atoms with Gasteiger partial charge in [-0.2, -0.15) is 0 Å². The van der Waals surface area contributed by atoms with Gasteiger partial charge < -0.3 is 30.5 Å². The zero-order valence-corrected chi connectivity index (χ0v) is 27.1. The van der Waals surface area contributed by atoms with Crippen molar-refractivity contribution >= 4 is 41.5 Å². The van der Waals surface area contributed by atoms with Crippen molar-refractivity contribution in [2.75, 3.05) is 13.7 Å². The fourth-order valence-corrected chi connectivity index (χ4v) is 5.96. The van der Waals surface area contributed by atoms with Crippen LogP contribution < -0.4 is 16.0 Å². The Balaban J connectivity index is 1.73. The maximum Gasteiger partial charge on any atom is 0.408 e. The molecule has 1 aliphatic carbocycles. The smallest absolute Gasteiger partial charge is 0.408 e. The summed E-state index contributed by atoms with van der Waals surface area (Å²) < 4.78 is 10.0. The number of carbonyl (C=O) groups excluding carboxylic acids is 6. The average molecular weight is 661 g/mol. The number of benzene rings is 1. The minimum atomic E-state index is -2.61. The Morgan fingerprint density at radius 2 is 1.77 bits per heavy atom. The Kier molecular flexibility index (Phi) is 13.2. The zero-order valence-electron chi connectivity index (χ0n) is 27.1. The maximum absolute atomic E-state index is 13.5. The van der Waals surface area contributed by atoms with Gasteiger partial charge in [-0.1, -0.05) is 57.5 Å². The van der Waals surface area contributed by atoms with Crippen molar-refractivity contribution in [2.45, 2.75) is 90.1 Å². The molecule has 15 heteroatoms. The molecule has 0 spiro atoms. The molecule has 4 N–H and O–H groups in total. The minimum absolute atomic E-state index is 0.0702. The van der Waals surface area contributed by atoms with E-state index in [1.54, 1.807) is 44.2 Å². The molecule has 15 nitrogen and oxygen atoms in total. The van der Waals surface area contributed by atoms with Crippen molar-refractivity contribution in [3.63, 3.8) is 0 Å². The molecule has 1 aliphatic heterocycles. The van der Waals surface area contributed by atoms with Crippen molar-refractivity contribution < 1.29 is 53.0 Å². The maximum atomic E-state index is 13.5. The Bertz CT molecular complexity index is 1320. The van der Waals surface area contributed by atoms with Crippen LogP contribution in [-0.4, -0.2) is 83.2 Å². The lowest BCUT2D eigenvalue weighted by Crippen LogP contribution is -2.69. The Morgan fingerprint density at radius 1 is 1.06 bits per heavy atom. The molecule has 3 rings (SSSR count). The van der Waals surface area contributed by atoms with Crippen molar-refractivity contribution in [2.24, 2.45) is 17.8 Å². The molecule has 5 atom stereocenters. The molecule has 1 saturated carbocycles. The van der Waals surface area contributed by atoms with Crippen LogP contribution in [0.15, 0.2) is 30.3 Å². The van der Waals surface area contributed by atoms with E-state index in [0.717, 1.165) is 17.9 Å². The predicted molar refractivity (Wildman–Crippen MR) is 164 cm³/mol. The molecule has 2 fully saturated rings. The third-order valence-electron chi connectivity index (χ3n) is 8.36. The second kappa shape index (κ2) is 16.9. The molecule has 1 aromatic rings. The van der Waals surface area contributed by atoms with Gasteiger partial charge in [0.25, 0.3) is 0 Å². The van der Waals surface area contributed by atoms with E-state index in [2.05, 4.69) is 16.0 Å². The molecular weight excluding hydrogens is 616 g/mol. The summed E-state index contributed by atoms with van der Waals surface area (Å²) in [5.41, 5.74) is -1.90. The fraction of sp³-hybridized carbons (Fsp3) is 0.594. The van der Waals surface area contributed by atoms with Crippen LogP contribution in [0.5, 0.6) is 0 Å². The number of hydroxylamine groups is 2. The van der Waals surface area contributed by atoms with Crippen molar-refractivity contribution in [3.8, 4) is 0 Å². The van der Waals surface area contributed by atoms with Gasteiger partial charge in [0.1, 0.15) is 19.3 Å². The van der Waals surface area contributed by atoms with Crippen LogP contribution in [0.1, 0.15) is 71.3 Å². The highest BCUT2D eigenvalue weighted by molar-refractivity contribution is 5.97. The number of hydrogen-bond donors (Lipinski definition) is 4. The number of rotatable bonds is 16. The molecule has 0 aromatic heterocycles. The Hall–Kier alpha value is -4.53. The number of carboxylic acids is 1. The van der Waals surface area contributed by atoms with Crippen LogP contribution in [0.3, 0.4) is 0 Å². The number of ketones is 1. The van der Waals surface area contributed by atoms with E-state index < -0.39 is 72.3 Å². The monoisotopic (exact) mass is 660 g/mol. The van der Waals surface area contributed by atoms with E-state index in [1.807, 2.05) is 0 Å². The first-order valence-electron chi connectivity index (χ1n) is 15.7. The number of esters is 1. The van der Waals surface area contributed by atoms with Crippen LogP contribution in [0.25, 0.3) is 0 Å². The molecule has 1 aromatic carbocycles. The second-order valence-electron chi connectivity index (χ2n) is 12.2. The number of nitrogens with one attached hydrogen (secondary N) is 3. The largest absolute Gasteiger partial charge is 0.478 e. The second-order valence-corrected chi connectivity index (χ2v) is 12.2. The third-order valence-corrected chi connectivity index (χ3v) is 8.36. The van der Waals surface area contributed by atoms with Crippen LogP contribution >= 0.6 is 0 Å². The van der Waals surface area contributed by atoms with Gasteiger partial charge in [0.15, 0.2) is 5.78 Å². The molecular formula is C32H44N4O11. The zero-order chi connectivity index (χ0) is 34.7. The number of amides is 4. The van der Waals surface area contributed by atoms with Crippen LogP contribution in [0.4, 0.5) is 4.79 Å². The highest BCUT2D eigenvalue weighted by Gasteiger charge is 2.49. The number of methoxy groups -OCH3 is 1. The molecule has 2 aliphatic rings. The molecule has 4 amide bonds. The van der Waals surface area contributed by atoms with E-state index in [4.69, 9.17) is 14.3 Å². The molecule has 47 heavy (non-hydrogen) atoms. The number of aliphatic carboxylic acids is 1. The quantitative estimate of drug-likeness (QED) is 0.149. The number of nitrogens with zero attached hydrogens (tertiary/aromatic N) is 1. The SMILES string of the molecule is CCC(=O)NC(CC(=O)CON1C(=O)CC2CCCC(CC(=O)OC)C21)(NC(=O)C(NC(=O)OCc1ccccc1)C(C)C)C(=O)O. The fourth-order valence-electron chi connectivity index (χ4n) is 5.96. The number of fused-ring (bicyclic) bond motifs is 1. The summed E-state index contributed by atoms with van der Waals surface area (Å²) >= 11 is 0. The van der Waals surface area contributed by atoms with E-state index in [0.29, 0.717) is 12.0 Å². The standard InChI is InChI=1S/C32H44N4O11/c1-5-24(38)34-32(30(42)43,35-29(41)27(19(2)3)33-31(44)46-17-20-10-7-6-8-11-20)16-23(37)18-47-36-25(39)14-21-12-9-13-22(28(21)36)15-26(40)45-4/h6-8,10-11,19,21-22,27-28H,5,9,12-18H2,1-4H3,(H,33,44)(H,34,38)(H,35,41)(H,42,43). The van der Waals surface area contributed by atoms with Crippen LogP contribution in [-0.2, 0) is 49.7 Å². The molecule has 0 radical (unpaired) electrons. The molecule has 5 unspecified atom stereocenters. The van der Waals surface area contributed by atoms with Crippen LogP contribution in [0.2, 0.25) is 0 Å². The summed E-state index contributed by atoms with van der Waals surface area (Å²) in [5, 5.41) is 18.3. The Labute approximate surface area is 273 Å². The van der Waals surface area contributed by atoms with Gasteiger partial charge in [0, 0.05) is 12.8 Å². The van der Waals surface area contributed by atoms with Gasteiger partial charge in [-0.3, -0.25) is 28.8 Å². The van der Waals surface area contributed by atoms with Crippen molar-refractivity contribution in [1.82, 2.24) is 21.0 Å². The molecule has 1 saturated heterocycles. The van der Waals surface area contributed by atoms with Crippen molar-refractivity contribution in [3.05, 3.63) is 35.9 Å². The lowest BCUT2D eigenvalue weighted by atomic mass is 9.76. The molecule has 258 valence electrons. The van der Waals surface area contributed by atoms with Crippen LogP contribution in [0, 0.1) is 17.8 Å². The highest BCUT2D eigenvalue weighted by Crippen LogP contribution is 2.42. The van der Waals surface area contributed by atoms with E-state index in [9.17, 15) is 38.7 Å². The lowest BCUT2D eigenvalue weighted by Gasteiger charge is -2.37. The lowest BCUT2D eigenvalue weighted by molar-refractivity contribution is -0.201. The molecule has 1 heterocycles. The molecule has 0 bridgehead atoms. The summed E-state index contributed by atoms with van der Waals surface area (Å²) in [6, 6.07) is 7.04. The average Bonchev–Trinajstić information content (AvgIpc) is 3.36. The first-order chi connectivity index (χ1) is 22.3. The van der Waals surface area contributed by atoms with Crippen molar-refractivity contribution in [1.29, 1.82) is 0 Å². The van der Waals surface area contributed by atoms with E-state index in [1.165, 1.54) is 14.0 Å². The van der Waals surface area contributed by atoms with Gasteiger partial charge in [0.05, 0.1) is 26.0 Å². The first kappa shape index (κ1) is 36.9. The number of hydrogen-bond acceptors (Lipinski definition) is 10. The first-order valence-corrected chi connectivity index (χ1v) is 15.7. The number of alkyl carbamates (subject to hydrolysis) is 1. The van der Waals surface area contributed by atoms with Gasteiger partial charge >= 0.3 is 18.0 Å². The summed E-state index contributed by atoms with van der Waals surface area (Å²) in [6.07, 6.45) is 0.412. The van der Waals surface area contributed by atoms with E-state index in [-0.39, 0.29) is 43.6 Å².